The van der Waals surface area contributed by atoms with Crippen molar-refractivity contribution in [2.45, 2.75) is 20.8 Å². The number of hydrogen-bond acceptors (Lipinski definition) is 2. The molecule has 0 fully saturated rings. The van der Waals surface area contributed by atoms with Crippen molar-refractivity contribution in [3.05, 3.63) is 52.1 Å². The van der Waals surface area contributed by atoms with E-state index in [4.69, 9.17) is 17.3 Å². The Morgan fingerprint density at radius 2 is 2.10 bits per heavy atom. The summed E-state index contributed by atoms with van der Waals surface area (Å²) in [5.74, 6) is -0.321. The monoisotopic (exact) mass is 296 g/mol. The van der Waals surface area contributed by atoms with Gasteiger partial charge in [0.1, 0.15) is 5.82 Å². The van der Waals surface area contributed by atoms with Crippen molar-refractivity contribution in [2.24, 2.45) is 11.7 Å². The fourth-order valence-corrected chi connectivity index (χ4v) is 2.01. The average Bonchev–Trinajstić information content (AvgIpc) is 2.38. The second kappa shape index (κ2) is 7.10. The molecule has 0 heterocycles. The number of nitrogens with one attached hydrogen (secondary N) is 1. The summed E-state index contributed by atoms with van der Waals surface area (Å²) in [5, 5.41) is 3.03. The summed E-state index contributed by atoms with van der Waals surface area (Å²) in [6.45, 7) is 5.55. The van der Waals surface area contributed by atoms with Gasteiger partial charge in [-0.05, 0) is 42.7 Å². The van der Waals surface area contributed by atoms with Gasteiger partial charge in [-0.3, -0.25) is 4.79 Å². The zero-order valence-electron chi connectivity index (χ0n) is 11.7. The molecule has 0 spiro atoms. The minimum Gasteiger partial charge on any atom is -0.397 e. The maximum atomic E-state index is 13.8. The van der Waals surface area contributed by atoms with E-state index in [1.54, 1.807) is 13.0 Å². The summed E-state index contributed by atoms with van der Waals surface area (Å²) in [4.78, 5) is 10.6. The van der Waals surface area contributed by atoms with E-state index in [-0.39, 0.29) is 11.7 Å². The lowest BCUT2D eigenvalue weighted by Crippen LogP contribution is -2.20. The van der Waals surface area contributed by atoms with Crippen LogP contribution in [0.3, 0.4) is 0 Å². The third kappa shape index (κ3) is 4.10. The van der Waals surface area contributed by atoms with Crippen LogP contribution in [0.4, 0.5) is 4.39 Å². The smallest absolute Gasteiger partial charge is 0.211 e. The van der Waals surface area contributed by atoms with Gasteiger partial charge in [0, 0.05) is 16.3 Å². The number of hydrogen-bond donors (Lipinski definition) is 2. The second-order valence-corrected chi connectivity index (χ2v) is 5.17. The Bertz CT molecular complexity index is 565. The summed E-state index contributed by atoms with van der Waals surface area (Å²) < 4.78 is 13.8. The summed E-state index contributed by atoms with van der Waals surface area (Å²) in [7, 11) is 0. The maximum absolute atomic E-state index is 13.8. The van der Waals surface area contributed by atoms with Gasteiger partial charge in [-0.25, -0.2) is 4.39 Å². The number of carbonyl (C=O) groups excluding carboxylic acids is 1. The molecule has 0 aromatic heterocycles. The van der Waals surface area contributed by atoms with E-state index in [0.717, 1.165) is 0 Å². The highest BCUT2D eigenvalue weighted by Crippen LogP contribution is 2.23. The molecule has 3 nitrogen and oxygen atoms in total. The highest BCUT2D eigenvalue weighted by atomic mass is 35.5. The molecule has 0 unspecified atom stereocenters. The van der Waals surface area contributed by atoms with Crippen LogP contribution in [0.5, 0.6) is 0 Å². The molecule has 5 heteroatoms. The molecule has 0 radical (unpaired) electrons. The maximum Gasteiger partial charge on any atom is 0.211 e. The van der Waals surface area contributed by atoms with Crippen molar-refractivity contribution in [3.8, 4) is 0 Å². The normalized spacial score (nSPS) is 13.2. The van der Waals surface area contributed by atoms with Crippen molar-refractivity contribution >= 4 is 23.6 Å². The Hall–Kier alpha value is -1.81. The van der Waals surface area contributed by atoms with Crippen LogP contribution in [0.1, 0.15) is 26.3 Å². The van der Waals surface area contributed by atoms with E-state index < -0.39 is 0 Å². The molecule has 1 aromatic carbocycles. The molecule has 0 bridgehead atoms. The number of allylic oxidation sites excluding steroid dienone is 3. The average molecular weight is 297 g/mol. The van der Waals surface area contributed by atoms with Crippen molar-refractivity contribution in [1.29, 1.82) is 0 Å². The van der Waals surface area contributed by atoms with Crippen LogP contribution in [0.15, 0.2) is 35.7 Å². The molecule has 1 rings (SSSR count). The van der Waals surface area contributed by atoms with Crippen molar-refractivity contribution in [1.82, 2.24) is 5.32 Å². The molecule has 0 atom stereocenters. The lowest BCUT2D eigenvalue weighted by atomic mass is 10.0. The molecule has 0 saturated heterocycles. The third-order valence-electron chi connectivity index (χ3n) is 2.83. The Morgan fingerprint density at radius 3 is 2.65 bits per heavy atom. The molecule has 1 aromatic rings. The summed E-state index contributed by atoms with van der Waals surface area (Å²) >= 11 is 5.86. The standard InChI is InChI=1S/C15H18ClFN2O/c1-9(2)15(19-8-20)14(18)6-10(3)12-7-11(16)4-5-13(12)17/h4-9H,18H2,1-3H3,(H,19,20)/b10-6+,15-14+. The van der Waals surface area contributed by atoms with Gasteiger partial charge in [-0.2, -0.15) is 0 Å². The molecule has 108 valence electrons. The van der Waals surface area contributed by atoms with Gasteiger partial charge >= 0.3 is 0 Å². The topological polar surface area (TPSA) is 55.1 Å². The van der Waals surface area contributed by atoms with Crippen LogP contribution in [0, 0.1) is 11.7 Å². The van der Waals surface area contributed by atoms with Gasteiger partial charge in [0.05, 0.1) is 5.70 Å². The number of nitrogens with two attached hydrogens (primary N) is 1. The van der Waals surface area contributed by atoms with Gasteiger partial charge in [-0.1, -0.05) is 25.4 Å². The molecule has 0 aliphatic rings. The first-order valence-electron chi connectivity index (χ1n) is 6.20. The number of halogens is 2. The largest absolute Gasteiger partial charge is 0.397 e. The van der Waals surface area contributed by atoms with E-state index in [0.29, 0.717) is 34.0 Å². The summed E-state index contributed by atoms with van der Waals surface area (Å²) in [5.41, 5.74) is 7.97. The highest BCUT2D eigenvalue weighted by Gasteiger charge is 2.09. The number of amides is 1. The van der Waals surface area contributed by atoms with Crippen molar-refractivity contribution < 1.29 is 9.18 Å². The van der Waals surface area contributed by atoms with Crippen LogP contribution in [0.2, 0.25) is 5.02 Å². The number of rotatable bonds is 5. The van der Waals surface area contributed by atoms with E-state index in [2.05, 4.69) is 5.32 Å². The first-order valence-corrected chi connectivity index (χ1v) is 6.58. The second-order valence-electron chi connectivity index (χ2n) is 4.74. The van der Waals surface area contributed by atoms with E-state index >= 15 is 0 Å². The fourth-order valence-electron chi connectivity index (χ4n) is 1.84. The quantitative estimate of drug-likeness (QED) is 0.646. The predicted octanol–water partition coefficient (Wildman–Crippen LogP) is 3.45. The first kappa shape index (κ1) is 16.2. The van der Waals surface area contributed by atoms with Crippen LogP contribution in [0.25, 0.3) is 5.57 Å². The Morgan fingerprint density at radius 1 is 1.45 bits per heavy atom. The molecule has 3 N–H and O–H groups in total. The van der Waals surface area contributed by atoms with Gasteiger partial charge in [0.2, 0.25) is 6.41 Å². The fraction of sp³-hybridized carbons (Fsp3) is 0.267. The lowest BCUT2D eigenvalue weighted by molar-refractivity contribution is -0.109. The Kier molecular flexibility index (Phi) is 5.77. The van der Waals surface area contributed by atoms with E-state index in [9.17, 15) is 9.18 Å². The zero-order chi connectivity index (χ0) is 15.3. The molecule has 1 amide bonds. The van der Waals surface area contributed by atoms with Gasteiger partial charge in [0.15, 0.2) is 0 Å². The van der Waals surface area contributed by atoms with Crippen molar-refractivity contribution in [2.75, 3.05) is 0 Å². The molecular formula is C15H18ClFN2O. The third-order valence-corrected chi connectivity index (χ3v) is 3.06. The van der Waals surface area contributed by atoms with Crippen LogP contribution in [-0.2, 0) is 4.79 Å². The minimum absolute atomic E-state index is 0.0495. The zero-order valence-corrected chi connectivity index (χ0v) is 12.5. The molecule has 0 aliphatic heterocycles. The summed E-state index contributed by atoms with van der Waals surface area (Å²) in [6.07, 6.45) is 2.20. The first-order chi connectivity index (χ1) is 9.36. The van der Waals surface area contributed by atoms with Gasteiger partial charge in [0.25, 0.3) is 0 Å². The van der Waals surface area contributed by atoms with E-state index in [1.165, 1.54) is 18.2 Å². The summed E-state index contributed by atoms with van der Waals surface area (Å²) in [6, 6.07) is 4.33. The Balaban J connectivity index is 3.23. The molecular weight excluding hydrogens is 279 g/mol. The predicted molar refractivity (Wildman–Crippen MR) is 80.3 cm³/mol. The SMILES string of the molecule is C/C(=C\C(N)=C(/NC=O)C(C)C)c1cc(Cl)ccc1F. The van der Waals surface area contributed by atoms with E-state index in [1.807, 2.05) is 13.8 Å². The van der Waals surface area contributed by atoms with Crippen LogP contribution >= 0.6 is 11.6 Å². The van der Waals surface area contributed by atoms with Crippen LogP contribution < -0.4 is 11.1 Å². The van der Waals surface area contributed by atoms with Gasteiger partial charge < -0.3 is 11.1 Å². The number of benzene rings is 1. The van der Waals surface area contributed by atoms with Gasteiger partial charge in [-0.15, -0.1) is 0 Å². The Labute approximate surface area is 123 Å². The lowest BCUT2D eigenvalue weighted by Gasteiger charge is -2.13. The van der Waals surface area contributed by atoms with Crippen molar-refractivity contribution in [3.63, 3.8) is 0 Å². The molecule has 0 aliphatic carbocycles. The molecule has 20 heavy (non-hydrogen) atoms. The molecule has 0 saturated carbocycles. The van der Waals surface area contributed by atoms with Crippen LogP contribution in [-0.4, -0.2) is 6.41 Å². The highest BCUT2D eigenvalue weighted by molar-refractivity contribution is 6.30. The minimum atomic E-state index is -0.370. The number of carbonyl (C=O) groups is 1.